The maximum Gasteiger partial charge on any atom is 0.222 e. The van der Waals surface area contributed by atoms with Gasteiger partial charge in [-0.1, -0.05) is 13.8 Å². The number of imidazole rings is 1. The highest BCUT2D eigenvalue weighted by Crippen LogP contribution is 2.24. The van der Waals surface area contributed by atoms with Gasteiger partial charge in [0.15, 0.2) is 0 Å². The molecule has 4 heteroatoms. The van der Waals surface area contributed by atoms with Crippen molar-refractivity contribution in [1.82, 2.24) is 14.9 Å². The first kappa shape index (κ1) is 13.1. The topological polar surface area (TPSA) is 49.0 Å². The molecule has 1 aliphatic heterocycles. The van der Waals surface area contributed by atoms with Crippen LogP contribution in [-0.2, 0) is 11.2 Å². The van der Waals surface area contributed by atoms with Gasteiger partial charge in [0, 0.05) is 31.4 Å². The summed E-state index contributed by atoms with van der Waals surface area (Å²) in [6.07, 6.45) is 7.13. The Bertz CT molecular complexity index is 364. The molecule has 1 fully saturated rings. The lowest BCUT2D eigenvalue weighted by Crippen LogP contribution is -2.39. The first-order valence-corrected chi connectivity index (χ1v) is 6.92. The number of aromatic nitrogens is 2. The van der Waals surface area contributed by atoms with Crippen LogP contribution in [0.25, 0.3) is 0 Å². The lowest BCUT2D eigenvalue weighted by atomic mass is 9.86. The molecule has 0 saturated carbocycles. The number of amides is 1. The maximum atomic E-state index is 12.1. The standard InChI is InChI=1S/C14H23N3O/c1-11(2)12-5-7-17(8-6-12)14(18)4-3-13-9-15-10-16-13/h9-12H,3-8H2,1-2H3,(H,15,16). The van der Waals surface area contributed by atoms with Gasteiger partial charge in [0.05, 0.1) is 6.33 Å². The van der Waals surface area contributed by atoms with Gasteiger partial charge in [0.1, 0.15) is 0 Å². The number of aryl methyl sites for hydroxylation is 1. The fourth-order valence-electron chi connectivity index (χ4n) is 2.64. The summed E-state index contributed by atoms with van der Waals surface area (Å²) in [6.45, 7) is 6.43. The van der Waals surface area contributed by atoms with E-state index in [2.05, 4.69) is 23.8 Å². The van der Waals surface area contributed by atoms with Crippen molar-refractivity contribution in [3.63, 3.8) is 0 Å². The van der Waals surface area contributed by atoms with Crippen LogP contribution in [0, 0.1) is 11.8 Å². The normalized spacial score (nSPS) is 17.4. The highest BCUT2D eigenvalue weighted by Gasteiger charge is 2.24. The van der Waals surface area contributed by atoms with Crippen molar-refractivity contribution in [2.24, 2.45) is 11.8 Å². The van der Waals surface area contributed by atoms with Crippen LogP contribution in [0.15, 0.2) is 12.5 Å². The summed E-state index contributed by atoms with van der Waals surface area (Å²) in [5, 5.41) is 0. The van der Waals surface area contributed by atoms with Crippen LogP contribution in [0.2, 0.25) is 0 Å². The van der Waals surface area contributed by atoms with Crippen LogP contribution in [-0.4, -0.2) is 33.9 Å². The Hall–Kier alpha value is -1.32. The van der Waals surface area contributed by atoms with Crippen molar-refractivity contribution >= 4 is 5.91 Å². The molecule has 1 aromatic heterocycles. The molecule has 2 rings (SSSR count). The average molecular weight is 249 g/mol. The van der Waals surface area contributed by atoms with Crippen LogP contribution in [0.4, 0.5) is 0 Å². The van der Waals surface area contributed by atoms with Crippen LogP contribution >= 0.6 is 0 Å². The van der Waals surface area contributed by atoms with E-state index in [0.29, 0.717) is 6.42 Å². The van der Waals surface area contributed by atoms with Gasteiger partial charge >= 0.3 is 0 Å². The second-order valence-corrected chi connectivity index (χ2v) is 5.54. The number of rotatable bonds is 4. The minimum absolute atomic E-state index is 0.284. The summed E-state index contributed by atoms with van der Waals surface area (Å²) in [5.74, 6) is 1.82. The molecule has 1 amide bonds. The summed E-state index contributed by atoms with van der Waals surface area (Å²) in [6, 6.07) is 0. The fourth-order valence-corrected chi connectivity index (χ4v) is 2.64. The van der Waals surface area contributed by atoms with Gasteiger partial charge in [0.25, 0.3) is 0 Å². The number of hydrogen-bond acceptors (Lipinski definition) is 2. The number of hydrogen-bond donors (Lipinski definition) is 1. The molecule has 0 bridgehead atoms. The zero-order valence-electron chi connectivity index (χ0n) is 11.4. The van der Waals surface area contributed by atoms with E-state index < -0.39 is 0 Å². The number of aromatic amines is 1. The molecule has 1 N–H and O–H groups in total. The van der Waals surface area contributed by atoms with E-state index >= 15 is 0 Å². The van der Waals surface area contributed by atoms with Crippen molar-refractivity contribution < 1.29 is 4.79 Å². The van der Waals surface area contributed by atoms with Gasteiger partial charge in [0.2, 0.25) is 5.91 Å². The second kappa shape index (κ2) is 6.03. The Kier molecular flexibility index (Phi) is 4.39. The summed E-state index contributed by atoms with van der Waals surface area (Å²) < 4.78 is 0. The van der Waals surface area contributed by atoms with Crippen molar-refractivity contribution in [3.05, 3.63) is 18.2 Å². The summed E-state index contributed by atoms with van der Waals surface area (Å²) in [5.41, 5.74) is 1.04. The third kappa shape index (κ3) is 3.34. The number of nitrogens with zero attached hydrogens (tertiary/aromatic N) is 2. The Balaban J connectivity index is 1.74. The van der Waals surface area contributed by atoms with Gasteiger partial charge < -0.3 is 9.88 Å². The lowest BCUT2D eigenvalue weighted by molar-refractivity contribution is -0.132. The third-order valence-electron chi connectivity index (χ3n) is 4.00. The molecule has 0 aromatic carbocycles. The number of likely N-dealkylation sites (tertiary alicyclic amines) is 1. The molecule has 18 heavy (non-hydrogen) atoms. The van der Waals surface area contributed by atoms with E-state index in [4.69, 9.17) is 0 Å². The predicted octanol–water partition coefficient (Wildman–Crippen LogP) is 2.24. The van der Waals surface area contributed by atoms with Crippen molar-refractivity contribution in [3.8, 4) is 0 Å². The highest BCUT2D eigenvalue weighted by molar-refractivity contribution is 5.76. The summed E-state index contributed by atoms with van der Waals surface area (Å²) in [7, 11) is 0. The minimum Gasteiger partial charge on any atom is -0.348 e. The van der Waals surface area contributed by atoms with Gasteiger partial charge in [-0.15, -0.1) is 0 Å². The molecular formula is C14H23N3O. The van der Waals surface area contributed by atoms with Crippen molar-refractivity contribution in [1.29, 1.82) is 0 Å². The quantitative estimate of drug-likeness (QED) is 0.889. The van der Waals surface area contributed by atoms with E-state index in [9.17, 15) is 4.79 Å². The Morgan fingerprint density at radius 3 is 2.78 bits per heavy atom. The molecule has 1 saturated heterocycles. The Morgan fingerprint density at radius 2 is 2.22 bits per heavy atom. The monoisotopic (exact) mass is 249 g/mol. The first-order chi connectivity index (χ1) is 8.66. The van der Waals surface area contributed by atoms with E-state index in [1.54, 1.807) is 12.5 Å². The van der Waals surface area contributed by atoms with Crippen LogP contribution in [0.5, 0.6) is 0 Å². The molecule has 0 atom stereocenters. The molecule has 0 radical (unpaired) electrons. The Morgan fingerprint density at radius 1 is 1.50 bits per heavy atom. The van der Waals surface area contributed by atoms with Crippen LogP contribution in [0.1, 0.15) is 38.8 Å². The molecule has 2 heterocycles. The van der Waals surface area contributed by atoms with Crippen molar-refractivity contribution in [2.75, 3.05) is 13.1 Å². The number of carbonyl (C=O) groups excluding carboxylic acids is 1. The predicted molar refractivity (Wildman–Crippen MR) is 71.1 cm³/mol. The average Bonchev–Trinajstić information content (AvgIpc) is 2.89. The molecular weight excluding hydrogens is 226 g/mol. The Labute approximate surface area is 109 Å². The molecule has 100 valence electrons. The van der Waals surface area contributed by atoms with Crippen LogP contribution in [0.3, 0.4) is 0 Å². The second-order valence-electron chi connectivity index (χ2n) is 5.54. The zero-order chi connectivity index (χ0) is 13.0. The highest BCUT2D eigenvalue weighted by atomic mass is 16.2. The third-order valence-corrected chi connectivity index (χ3v) is 4.00. The minimum atomic E-state index is 0.284. The first-order valence-electron chi connectivity index (χ1n) is 6.92. The van der Waals surface area contributed by atoms with E-state index in [0.717, 1.165) is 49.9 Å². The van der Waals surface area contributed by atoms with Gasteiger partial charge in [-0.25, -0.2) is 4.98 Å². The molecule has 1 aromatic rings. The van der Waals surface area contributed by atoms with E-state index in [-0.39, 0.29) is 5.91 Å². The van der Waals surface area contributed by atoms with E-state index in [1.807, 2.05) is 4.90 Å². The molecule has 0 aliphatic carbocycles. The summed E-state index contributed by atoms with van der Waals surface area (Å²) >= 11 is 0. The number of piperidine rings is 1. The van der Waals surface area contributed by atoms with Crippen molar-refractivity contribution in [2.45, 2.75) is 39.5 Å². The largest absolute Gasteiger partial charge is 0.348 e. The van der Waals surface area contributed by atoms with E-state index in [1.165, 1.54) is 0 Å². The smallest absolute Gasteiger partial charge is 0.222 e. The zero-order valence-corrected chi connectivity index (χ0v) is 11.4. The maximum absolute atomic E-state index is 12.1. The molecule has 0 spiro atoms. The van der Waals surface area contributed by atoms with Crippen LogP contribution < -0.4 is 0 Å². The van der Waals surface area contributed by atoms with Gasteiger partial charge in [-0.3, -0.25) is 4.79 Å². The number of carbonyl (C=O) groups is 1. The lowest BCUT2D eigenvalue weighted by Gasteiger charge is -2.34. The van der Waals surface area contributed by atoms with Gasteiger partial charge in [-0.05, 0) is 31.1 Å². The molecule has 1 aliphatic rings. The van der Waals surface area contributed by atoms with Gasteiger partial charge in [-0.2, -0.15) is 0 Å². The number of H-pyrrole nitrogens is 1. The fraction of sp³-hybridized carbons (Fsp3) is 0.714. The number of nitrogens with one attached hydrogen (secondary N) is 1. The summed E-state index contributed by atoms with van der Waals surface area (Å²) in [4.78, 5) is 21.1. The SMILES string of the molecule is CC(C)C1CCN(C(=O)CCc2cnc[nH]2)CC1. The molecule has 0 unspecified atom stereocenters. The molecule has 4 nitrogen and oxygen atoms in total.